The Balaban J connectivity index is 2.56. The van der Waals surface area contributed by atoms with Gasteiger partial charge >= 0.3 is 17.9 Å². The highest BCUT2D eigenvalue weighted by molar-refractivity contribution is 6.00. The minimum atomic E-state index is -1.42. The van der Waals surface area contributed by atoms with Crippen LogP contribution in [0.15, 0.2) is 18.2 Å². The molecule has 1 heterocycles. The molecule has 0 bridgehead atoms. The van der Waals surface area contributed by atoms with Gasteiger partial charge in [0.05, 0.1) is 11.1 Å². The number of carboxylic acid groups (broad SMARTS) is 2. The second-order valence-electron chi connectivity index (χ2n) is 3.23. The molecule has 0 amide bonds. The van der Waals surface area contributed by atoms with Crippen molar-refractivity contribution >= 4 is 17.9 Å². The molecule has 1 aromatic carbocycles. The third-order valence-electron chi connectivity index (χ3n) is 2.25. The molecular formula is C10H6O6. The van der Waals surface area contributed by atoms with Crippen LogP contribution in [0.2, 0.25) is 0 Å². The number of esters is 1. The lowest BCUT2D eigenvalue weighted by Crippen LogP contribution is -2.11. The van der Waals surface area contributed by atoms with Crippen LogP contribution >= 0.6 is 0 Å². The molecule has 1 aliphatic heterocycles. The molecule has 1 aliphatic rings. The molecule has 0 aliphatic carbocycles. The Morgan fingerprint density at radius 1 is 1.25 bits per heavy atom. The minimum absolute atomic E-state index is 0.0803. The van der Waals surface area contributed by atoms with E-state index in [2.05, 4.69) is 4.74 Å². The van der Waals surface area contributed by atoms with Gasteiger partial charge in [-0.3, -0.25) is 0 Å². The maximum absolute atomic E-state index is 11.2. The van der Waals surface area contributed by atoms with Crippen LogP contribution in [-0.4, -0.2) is 28.1 Å². The molecule has 0 aromatic heterocycles. The largest absolute Gasteiger partial charge is 0.478 e. The molecule has 1 aromatic rings. The average molecular weight is 222 g/mol. The third-order valence-corrected chi connectivity index (χ3v) is 2.25. The van der Waals surface area contributed by atoms with E-state index in [0.717, 1.165) is 6.07 Å². The van der Waals surface area contributed by atoms with Gasteiger partial charge < -0.3 is 14.9 Å². The summed E-state index contributed by atoms with van der Waals surface area (Å²) in [6, 6.07) is 3.62. The van der Waals surface area contributed by atoms with Crippen molar-refractivity contribution < 1.29 is 29.3 Å². The fourth-order valence-electron chi connectivity index (χ4n) is 1.52. The number of hydrogen-bond donors (Lipinski definition) is 2. The van der Waals surface area contributed by atoms with Crippen LogP contribution in [0, 0.1) is 0 Å². The van der Waals surface area contributed by atoms with Gasteiger partial charge in [-0.15, -0.1) is 0 Å². The lowest BCUT2D eigenvalue weighted by molar-refractivity contribution is -0.146. The monoisotopic (exact) mass is 222 g/mol. The fraction of sp³-hybridized carbons (Fsp3) is 0.100. The molecule has 6 nitrogen and oxygen atoms in total. The molecule has 82 valence electrons. The zero-order valence-corrected chi connectivity index (χ0v) is 7.84. The highest BCUT2D eigenvalue weighted by atomic mass is 16.6. The van der Waals surface area contributed by atoms with E-state index in [1.807, 2.05) is 0 Å². The molecule has 0 saturated carbocycles. The Bertz CT molecular complexity index is 504. The van der Waals surface area contributed by atoms with Gasteiger partial charge in [-0.25, -0.2) is 14.4 Å². The maximum atomic E-state index is 11.2. The normalized spacial score (nSPS) is 17.8. The maximum Gasteiger partial charge on any atom is 0.349 e. The molecule has 1 atom stereocenters. The summed E-state index contributed by atoms with van der Waals surface area (Å²) >= 11 is 0. The molecule has 0 spiro atoms. The van der Waals surface area contributed by atoms with Gasteiger partial charge in [0.2, 0.25) is 6.10 Å². The molecule has 0 fully saturated rings. The zero-order chi connectivity index (χ0) is 11.9. The van der Waals surface area contributed by atoms with E-state index in [9.17, 15) is 14.4 Å². The number of cyclic esters (lactones) is 1. The Morgan fingerprint density at radius 3 is 2.50 bits per heavy atom. The van der Waals surface area contributed by atoms with Crippen LogP contribution in [0.5, 0.6) is 0 Å². The van der Waals surface area contributed by atoms with E-state index in [1.165, 1.54) is 12.1 Å². The van der Waals surface area contributed by atoms with Crippen LogP contribution in [0.1, 0.15) is 32.4 Å². The zero-order valence-electron chi connectivity index (χ0n) is 7.84. The SMILES string of the molecule is O=C(O)c1ccc2c(c1)C(C(=O)O)OC2=O. The van der Waals surface area contributed by atoms with Gasteiger partial charge in [-0.05, 0) is 18.2 Å². The van der Waals surface area contributed by atoms with Crippen molar-refractivity contribution in [2.24, 2.45) is 0 Å². The molecule has 1 unspecified atom stereocenters. The Kier molecular flexibility index (Phi) is 2.12. The quantitative estimate of drug-likeness (QED) is 0.713. The van der Waals surface area contributed by atoms with E-state index in [0.29, 0.717) is 0 Å². The van der Waals surface area contributed by atoms with E-state index >= 15 is 0 Å². The van der Waals surface area contributed by atoms with Gasteiger partial charge in [0.15, 0.2) is 0 Å². The number of ether oxygens (including phenoxy) is 1. The average Bonchev–Trinajstić information content (AvgIpc) is 2.56. The van der Waals surface area contributed by atoms with Crippen molar-refractivity contribution in [2.45, 2.75) is 6.10 Å². The van der Waals surface area contributed by atoms with Gasteiger partial charge in [0.1, 0.15) is 0 Å². The summed E-state index contributed by atoms with van der Waals surface area (Å²) in [5, 5.41) is 17.5. The topological polar surface area (TPSA) is 101 Å². The molecule has 0 radical (unpaired) electrons. The smallest absolute Gasteiger partial charge is 0.349 e. The van der Waals surface area contributed by atoms with Crippen LogP contribution in [-0.2, 0) is 9.53 Å². The van der Waals surface area contributed by atoms with Crippen LogP contribution in [0.4, 0.5) is 0 Å². The van der Waals surface area contributed by atoms with Gasteiger partial charge in [-0.2, -0.15) is 0 Å². The van der Waals surface area contributed by atoms with Gasteiger partial charge in [0, 0.05) is 5.56 Å². The predicted octanol–water partition coefficient (Wildman–Crippen LogP) is 0.681. The number of carboxylic acids is 2. The second kappa shape index (κ2) is 3.34. The summed E-state index contributed by atoms with van der Waals surface area (Å²) in [4.78, 5) is 32.7. The number of carbonyl (C=O) groups is 3. The molecule has 0 saturated heterocycles. The van der Waals surface area contributed by atoms with Crippen molar-refractivity contribution in [3.63, 3.8) is 0 Å². The van der Waals surface area contributed by atoms with Crippen molar-refractivity contribution in [1.29, 1.82) is 0 Å². The number of aliphatic carboxylic acids is 1. The summed E-state index contributed by atoms with van der Waals surface area (Å²) in [7, 11) is 0. The molecule has 16 heavy (non-hydrogen) atoms. The fourth-order valence-corrected chi connectivity index (χ4v) is 1.52. The lowest BCUT2D eigenvalue weighted by atomic mass is 10.0. The number of benzene rings is 1. The highest BCUT2D eigenvalue weighted by Crippen LogP contribution is 2.31. The highest BCUT2D eigenvalue weighted by Gasteiger charge is 2.36. The van der Waals surface area contributed by atoms with Gasteiger partial charge in [-0.1, -0.05) is 0 Å². The summed E-state index contributed by atoms with van der Waals surface area (Å²) in [5.74, 6) is -3.26. The number of hydrogen-bond acceptors (Lipinski definition) is 4. The van der Waals surface area contributed by atoms with Gasteiger partial charge in [0.25, 0.3) is 0 Å². The number of aromatic carboxylic acids is 1. The van der Waals surface area contributed by atoms with E-state index < -0.39 is 24.0 Å². The van der Waals surface area contributed by atoms with Crippen LogP contribution in [0.3, 0.4) is 0 Å². The van der Waals surface area contributed by atoms with E-state index in [4.69, 9.17) is 10.2 Å². The first-order chi connectivity index (χ1) is 7.50. The van der Waals surface area contributed by atoms with Crippen molar-refractivity contribution in [3.05, 3.63) is 34.9 Å². The predicted molar refractivity (Wildman–Crippen MR) is 49.2 cm³/mol. The van der Waals surface area contributed by atoms with Crippen molar-refractivity contribution in [2.75, 3.05) is 0 Å². The van der Waals surface area contributed by atoms with Crippen LogP contribution < -0.4 is 0 Å². The third kappa shape index (κ3) is 1.40. The lowest BCUT2D eigenvalue weighted by Gasteiger charge is -2.04. The first-order valence-electron chi connectivity index (χ1n) is 4.31. The summed E-state index contributed by atoms with van der Waals surface area (Å²) < 4.78 is 4.60. The first-order valence-corrected chi connectivity index (χ1v) is 4.31. The summed E-state index contributed by atoms with van der Waals surface area (Å²) in [5.41, 5.74) is 0.0955. The number of fused-ring (bicyclic) bond motifs is 1. The first kappa shape index (κ1) is 10.2. The molecule has 2 rings (SSSR count). The number of rotatable bonds is 2. The molecule has 6 heteroatoms. The molecule has 2 N–H and O–H groups in total. The molecular weight excluding hydrogens is 216 g/mol. The minimum Gasteiger partial charge on any atom is -0.478 e. The van der Waals surface area contributed by atoms with Crippen LogP contribution in [0.25, 0.3) is 0 Å². The Hall–Kier alpha value is -2.37. The van der Waals surface area contributed by atoms with Crippen molar-refractivity contribution in [3.8, 4) is 0 Å². The van der Waals surface area contributed by atoms with Crippen molar-refractivity contribution in [1.82, 2.24) is 0 Å². The summed E-state index contributed by atoms with van der Waals surface area (Å²) in [6.07, 6.45) is -1.42. The Labute approximate surface area is 89.1 Å². The van der Waals surface area contributed by atoms with E-state index in [-0.39, 0.29) is 16.7 Å². The Morgan fingerprint density at radius 2 is 1.94 bits per heavy atom. The second-order valence-corrected chi connectivity index (χ2v) is 3.23. The standard InChI is InChI=1S/C10H6O6/c11-8(12)4-1-2-5-6(3-4)7(9(13)14)16-10(5)15/h1-3,7H,(H,11,12)(H,13,14). The number of carbonyl (C=O) groups excluding carboxylic acids is 1. The van der Waals surface area contributed by atoms with E-state index in [1.54, 1.807) is 0 Å². The summed E-state index contributed by atoms with van der Waals surface area (Å²) in [6.45, 7) is 0.